The third-order valence-corrected chi connectivity index (χ3v) is 19.2. The van der Waals surface area contributed by atoms with Crippen molar-refractivity contribution in [2.45, 2.75) is 418 Å². The standard InChI is InChI=1S/C81H155N2O7P/c1-7-10-13-16-19-22-25-27-29-31-33-35-37-39-41-43-45-47-49-51-53-55-58-61-64-67-70-73-80(84)82-78(77-89-91(86,87)88-76-75-83(4,5)6)79(72-69-66-63-60-57-24-21-18-15-12-9-3)90-81(85)74-71-68-65-62-59-56-54-52-50-48-46-44-42-40-38-36-34-32-30-28-26-23-20-17-14-11-8-2/h19,22,27-30,69,72,78-79H,7-18,20-21,23-26,31-68,70-71,73-77H2,1-6H3,(H-,82,84,86,87)/p+1/b22-19-,29-27-,30-28+,72-69+. The lowest BCUT2D eigenvalue weighted by atomic mass is 10.0. The zero-order valence-electron chi connectivity index (χ0n) is 61.6. The van der Waals surface area contributed by atoms with Crippen molar-refractivity contribution in [2.75, 3.05) is 40.9 Å². The molecular weight excluding hydrogens is 1140 g/mol. The first kappa shape index (κ1) is 89.0. The largest absolute Gasteiger partial charge is 0.472 e. The van der Waals surface area contributed by atoms with E-state index in [-0.39, 0.29) is 25.1 Å². The number of nitrogens with zero attached hydrogens (tertiary/aromatic N) is 1. The smallest absolute Gasteiger partial charge is 0.456 e. The van der Waals surface area contributed by atoms with Gasteiger partial charge in [-0.1, -0.05) is 352 Å². The van der Waals surface area contributed by atoms with Crippen LogP contribution in [0.15, 0.2) is 48.6 Å². The zero-order chi connectivity index (χ0) is 66.3. The number of nitrogens with one attached hydrogen (secondary N) is 1. The highest BCUT2D eigenvalue weighted by atomic mass is 31.2. The predicted molar refractivity (Wildman–Crippen MR) is 397 cm³/mol. The van der Waals surface area contributed by atoms with Gasteiger partial charge in [0, 0.05) is 12.8 Å². The number of carbonyl (C=O) groups excluding carboxylic acids is 2. The van der Waals surface area contributed by atoms with Gasteiger partial charge >= 0.3 is 13.8 Å². The molecule has 2 N–H and O–H groups in total. The zero-order valence-corrected chi connectivity index (χ0v) is 62.5. The van der Waals surface area contributed by atoms with Gasteiger partial charge in [-0.2, -0.15) is 0 Å². The normalized spacial score (nSPS) is 13.6. The van der Waals surface area contributed by atoms with Gasteiger partial charge in [0.2, 0.25) is 5.91 Å². The minimum absolute atomic E-state index is 0.0429. The second-order valence-electron chi connectivity index (χ2n) is 28.6. The molecule has 0 bridgehead atoms. The van der Waals surface area contributed by atoms with Crippen molar-refractivity contribution in [2.24, 2.45) is 0 Å². The Bertz CT molecular complexity index is 1690. The Kier molecular flexibility index (Phi) is 69.2. The Morgan fingerprint density at radius 3 is 1.02 bits per heavy atom. The summed E-state index contributed by atoms with van der Waals surface area (Å²) in [5, 5.41) is 3.08. The molecule has 3 atom stereocenters. The van der Waals surface area contributed by atoms with Crippen LogP contribution in [0.25, 0.3) is 0 Å². The number of carbonyl (C=O) groups is 2. The molecule has 0 rings (SSSR count). The predicted octanol–water partition coefficient (Wildman–Crippen LogP) is 25.9. The molecule has 3 unspecified atom stereocenters. The van der Waals surface area contributed by atoms with Crippen LogP contribution in [-0.4, -0.2) is 74.3 Å². The van der Waals surface area contributed by atoms with E-state index in [9.17, 15) is 19.0 Å². The van der Waals surface area contributed by atoms with Crippen molar-refractivity contribution in [1.29, 1.82) is 0 Å². The number of likely N-dealkylation sites (N-methyl/N-ethyl adjacent to an activating group) is 1. The molecule has 0 fully saturated rings. The number of phosphoric acid groups is 1. The maximum atomic E-state index is 13.7. The molecule has 0 aromatic carbocycles. The van der Waals surface area contributed by atoms with E-state index >= 15 is 0 Å². The Balaban J connectivity index is 4.83. The van der Waals surface area contributed by atoms with Crippen molar-refractivity contribution in [1.82, 2.24) is 5.32 Å². The molecule has 1 amide bonds. The van der Waals surface area contributed by atoms with Gasteiger partial charge in [0.15, 0.2) is 0 Å². The Labute approximate surface area is 567 Å². The fourth-order valence-electron chi connectivity index (χ4n) is 12.1. The molecule has 0 saturated carbocycles. The number of ether oxygens (including phenoxy) is 1. The van der Waals surface area contributed by atoms with Crippen LogP contribution in [0.4, 0.5) is 0 Å². The lowest BCUT2D eigenvalue weighted by Crippen LogP contribution is -2.47. The lowest BCUT2D eigenvalue weighted by molar-refractivity contribution is -0.870. The Hall–Kier alpha value is -2.03. The molecular formula is C81H156N2O7P+. The summed E-state index contributed by atoms with van der Waals surface area (Å²) in [6.45, 7) is 7.05. The second kappa shape index (κ2) is 70.8. The minimum Gasteiger partial charge on any atom is -0.456 e. The molecule has 536 valence electrons. The Morgan fingerprint density at radius 2 is 0.670 bits per heavy atom. The van der Waals surface area contributed by atoms with E-state index in [0.29, 0.717) is 23.9 Å². The summed E-state index contributed by atoms with van der Waals surface area (Å²) >= 11 is 0. The number of hydrogen-bond donors (Lipinski definition) is 2. The van der Waals surface area contributed by atoms with Gasteiger partial charge in [-0.05, 0) is 89.5 Å². The Morgan fingerprint density at radius 1 is 0.385 bits per heavy atom. The fourth-order valence-corrected chi connectivity index (χ4v) is 12.8. The van der Waals surface area contributed by atoms with E-state index in [1.54, 1.807) is 0 Å². The summed E-state index contributed by atoms with van der Waals surface area (Å²) < 4.78 is 30.9. The van der Waals surface area contributed by atoms with Crippen molar-refractivity contribution in [3.63, 3.8) is 0 Å². The number of phosphoric ester groups is 1. The summed E-state index contributed by atoms with van der Waals surface area (Å²) in [5.41, 5.74) is 0. The molecule has 0 aliphatic rings. The third kappa shape index (κ3) is 72.1. The average molecular weight is 1300 g/mol. The maximum absolute atomic E-state index is 13.7. The van der Waals surface area contributed by atoms with Gasteiger partial charge in [0.1, 0.15) is 19.3 Å². The number of hydrogen-bond acceptors (Lipinski definition) is 6. The lowest BCUT2D eigenvalue weighted by Gasteiger charge is -2.27. The third-order valence-electron chi connectivity index (χ3n) is 18.2. The molecule has 0 radical (unpaired) electrons. The molecule has 0 aliphatic carbocycles. The van der Waals surface area contributed by atoms with E-state index in [2.05, 4.69) is 68.6 Å². The molecule has 0 saturated heterocycles. The summed E-state index contributed by atoms with van der Waals surface area (Å²) in [6.07, 6.45) is 91.6. The topological polar surface area (TPSA) is 111 Å². The van der Waals surface area contributed by atoms with Gasteiger partial charge < -0.3 is 19.4 Å². The first-order chi connectivity index (χ1) is 44.4. The molecule has 10 heteroatoms. The van der Waals surface area contributed by atoms with Crippen LogP contribution in [0.2, 0.25) is 0 Å². The second-order valence-corrected chi connectivity index (χ2v) is 30.0. The molecule has 0 aromatic rings. The van der Waals surface area contributed by atoms with Gasteiger partial charge in [0.05, 0.1) is 33.8 Å². The summed E-state index contributed by atoms with van der Waals surface area (Å²) in [4.78, 5) is 38.0. The van der Waals surface area contributed by atoms with Gasteiger partial charge in [0.25, 0.3) is 0 Å². The van der Waals surface area contributed by atoms with Gasteiger partial charge in [-0.25, -0.2) is 4.57 Å². The van der Waals surface area contributed by atoms with Gasteiger partial charge in [-0.15, -0.1) is 0 Å². The molecule has 91 heavy (non-hydrogen) atoms. The monoisotopic (exact) mass is 1300 g/mol. The quantitative estimate of drug-likeness (QED) is 0.0205. The molecule has 0 aliphatic heterocycles. The van der Waals surface area contributed by atoms with Crippen LogP contribution >= 0.6 is 7.82 Å². The molecule has 0 spiro atoms. The van der Waals surface area contributed by atoms with Gasteiger partial charge in [-0.3, -0.25) is 18.6 Å². The highest BCUT2D eigenvalue weighted by molar-refractivity contribution is 7.47. The van der Waals surface area contributed by atoms with Crippen LogP contribution in [0.5, 0.6) is 0 Å². The van der Waals surface area contributed by atoms with Crippen molar-refractivity contribution in [3.05, 3.63) is 48.6 Å². The first-order valence-electron chi connectivity index (χ1n) is 40.0. The minimum atomic E-state index is -4.45. The molecule has 0 aromatic heterocycles. The highest BCUT2D eigenvalue weighted by Gasteiger charge is 2.30. The molecule has 0 heterocycles. The number of quaternary nitrogens is 1. The average Bonchev–Trinajstić information content (AvgIpc) is 3.08. The maximum Gasteiger partial charge on any atom is 0.472 e. The SMILES string of the molecule is CCCCC/C=C\C/C=C\CCCCCCCCCCCCCCCCCCCC(=O)NC(COP(=O)(O)OCC[N+](C)(C)C)C(/C=C/CCCCCCCCCCC)OC(=O)CCCCCCCCCCCCCCCCCCC/C=C/CCCCCCCC. The van der Waals surface area contributed by atoms with E-state index in [4.69, 9.17) is 13.8 Å². The first-order valence-corrected chi connectivity index (χ1v) is 41.5. The van der Waals surface area contributed by atoms with Crippen LogP contribution in [0.3, 0.4) is 0 Å². The number of rotatable bonds is 74. The number of unbranched alkanes of at least 4 members (excludes halogenated alkanes) is 52. The van der Waals surface area contributed by atoms with Crippen molar-refractivity contribution < 1.29 is 37.3 Å². The highest BCUT2D eigenvalue weighted by Crippen LogP contribution is 2.43. The van der Waals surface area contributed by atoms with Crippen molar-refractivity contribution >= 4 is 19.7 Å². The van der Waals surface area contributed by atoms with E-state index in [0.717, 1.165) is 64.2 Å². The summed E-state index contributed by atoms with van der Waals surface area (Å²) in [5.74, 6) is -0.483. The number of esters is 1. The van der Waals surface area contributed by atoms with Crippen LogP contribution < -0.4 is 5.32 Å². The van der Waals surface area contributed by atoms with Crippen LogP contribution in [-0.2, 0) is 27.9 Å². The fraction of sp³-hybridized carbons (Fsp3) is 0.877. The number of allylic oxidation sites excluding steroid dienone is 7. The van der Waals surface area contributed by atoms with Crippen molar-refractivity contribution in [3.8, 4) is 0 Å². The summed E-state index contributed by atoms with van der Waals surface area (Å²) in [7, 11) is 1.52. The van der Waals surface area contributed by atoms with E-state index < -0.39 is 20.0 Å². The van der Waals surface area contributed by atoms with E-state index in [1.807, 2.05) is 27.2 Å². The van der Waals surface area contributed by atoms with Crippen LogP contribution in [0.1, 0.15) is 406 Å². The molecule has 9 nitrogen and oxygen atoms in total. The summed E-state index contributed by atoms with van der Waals surface area (Å²) in [6, 6.07) is -0.847. The van der Waals surface area contributed by atoms with E-state index in [1.165, 1.54) is 308 Å². The number of amides is 1. The van der Waals surface area contributed by atoms with Crippen LogP contribution in [0, 0.1) is 0 Å².